The van der Waals surface area contributed by atoms with Crippen LogP contribution in [0.25, 0.3) is 6.08 Å². The van der Waals surface area contributed by atoms with Crippen molar-refractivity contribution in [3.8, 4) is 0 Å². The molecule has 0 radical (unpaired) electrons. The lowest BCUT2D eigenvalue weighted by Gasteiger charge is -1.99. The number of nitrogens with two attached hydrogens (primary N) is 1. The van der Waals surface area contributed by atoms with E-state index in [0.29, 0.717) is 11.4 Å². The monoisotopic (exact) mass is 192 g/mol. The SMILES string of the molecule is Cc1cnc(C=CCC(=O)O)c(N)c1. The molecule has 0 spiro atoms. The first kappa shape index (κ1) is 10.2. The third kappa shape index (κ3) is 2.90. The summed E-state index contributed by atoms with van der Waals surface area (Å²) in [7, 11) is 0. The van der Waals surface area contributed by atoms with Crippen LogP contribution in [0.1, 0.15) is 17.7 Å². The summed E-state index contributed by atoms with van der Waals surface area (Å²) in [4.78, 5) is 14.3. The highest BCUT2D eigenvalue weighted by atomic mass is 16.4. The van der Waals surface area contributed by atoms with Crippen molar-refractivity contribution in [1.82, 2.24) is 4.98 Å². The molecule has 0 unspecified atom stereocenters. The molecule has 0 amide bonds. The zero-order chi connectivity index (χ0) is 10.6. The topological polar surface area (TPSA) is 76.2 Å². The van der Waals surface area contributed by atoms with Crippen molar-refractivity contribution in [2.24, 2.45) is 0 Å². The van der Waals surface area contributed by atoms with E-state index in [4.69, 9.17) is 10.8 Å². The molecule has 1 heterocycles. The van der Waals surface area contributed by atoms with E-state index in [9.17, 15) is 4.79 Å². The molecule has 1 aromatic rings. The molecule has 4 heteroatoms. The normalized spacial score (nSPS) is 10.6. The summed E-state index contributed by atoms with van der Waals surface area (Å²) in [5.41, 5.74) is 7.83. The highest BCUT2D eigenvalue weighted by Crippen LogP contribution is 2.11. The van der Waals surface area contributed by atoms with Gasteiger partial charge in [-0.3, -0.25) is 9.78 Å². The standard InChI is InChI=1S/C10H12N2O2/c1-7-5-8(11)9(12-6-7)3-2-4-10(13)14/h2-3,5-6H,4,11H2,1H3,(H,13,14). The molecule has 0 aliphatic carbocycles. The fraction of sp³-hybridized carbons (Fsp3) is 0.200. The average molecular weight is 192 g/mol. The van der Waals surface area contributed by atoms with Crippen molar-refractivity contribution in [1.29, 1.82) is 0 Å². The van der Waals surface area contributed by atoms with Gasteiger partial charge in [0, 0.05) is 6.20 Å². The summed E-state index contributed by atoms with van der Waals surface area (Å²) in [6.07, 6.45) is 4.81. The van der Waals surface area contributed by atoms with Crippen LogP contribution in [0.4, 0.5) is 5.69 Å². The number of pyridine rings is 1. The van der Waals surface area contributed by atoms with E-state index in [1.165, 1.54) is 6.08 Å². The Labute approximate surface area is 82.1 Å². The van der Waals surface area contributed by atoms with Gasteiger partial charge in [0.05, 0.1) is 17.8 Å². The van der Waals surface area contributed by atoms with Crippen LogP contribution in [0, 0.1) is 6.92 Å². The smallest absolute Gasteiger partial charge is 0.307 e. The van der Waals surface area contributed by atoms with Crippen molar-refractivity contribution in [3.05, 3.63) is 29.6 Å². The molecule has 0 atom stereocenters. The lowest BCUT2D eigenvalue weighted by Crippen LogP contribution is -1.94. The number of carboxylic acids is 1. The number of aryl methyl sites for hydroxylation is 1. The minimum Gasteiger partial charge on any atom is -0.481 e. The lowest BCUT2D eigenvalue weighted by atomic mass is 10.2. The maximum atomic E-state index is 10.2. The fourth-order valence-corrected chi connectivity index (χ4v) is 1.01. The summed E-state index contributed by atoms with van der Waals surface area (Å²) in [5, 5.41) is 8.40. The van der Waals surface area contributed by atoms with Crippen molar-refractivity contribution < 1.29 is 9.90 Å². The summed E-state index contributed by atoms with van der Waals surface area (Å²) >= 11 is 0. The summed E-state index contributed by atoms with van der Waals surface area (Å²) in [6.45, 7) is 1.90. The molecular weight excluding hydrogens is 180 g/mol. The van der Waals surface area contributed by atoms with Crippen molar-refractivity contribution >= 4 is 17.7 Å². The Kier molecular flexibility index (Phi) is 3.23. The van der Waals surface area contributed by atoms with Gasteiger partial charge in [-0.05, 0) is 24.6 Å². The van der Waals surface area contributed by atoms with Crippen LogP contribution in [-0.4, -0.2) is 16.1 Å². The first-order chi connectivity index (χ1) is 6.59. The predicted octanol–water partition coefficient (Wildman–Crippen LogP) is 1.46. The molecule has 0 fully saturated rings. The number of hydrogen-bond acceptors (Lipinski definition) is 3. The lowest BCUT2D eigenvalue weighted by molar-refractivity contribution is -0.135. The van der Waals surface area contributed by atoms with E-state index >= 15 is 0 Å². The maximum Gasteiger partial charge on any atom is 0.307 e. The average Bonchev–Trinajstić information content (AvgIpc) is 2.08. The van der Waals surface area contributed by atoms with Gasteiger partial charge in [-0.1, -0.05) is 6.08 Å². The van der Waals surface area contributed by atoms with E-state index in [-0.39, 0.29) is 6.42 Å². The molecule has 0 bridgehead atoms. The van der Waals surface area contributed by atoms with Gasteiger partial charge in [-0.15, -0.1) is 0 Å². The molecule has 1 rings (SSSR count). The molecule has 3 N–H and O–H groups in total. The van der Waals surface area contributed by atoms with E-state index in [2.05, 4.69) is 4.98 Å². The van der Waals surface area contributed by atoms with Gasteiger partial charge in [0.15, 0.2) is 0 Å². The van der Waals surface area contributed by atoms with Gasteiger partial charge in [0.25, 0.3) is 0 Å². The number of nitrogens with zero attached hydrogens (tertiary/aromatic N) is 1. The van der Waals surface area contributed by atoms with Crippen LogP contribution < -0.4 is 5.73 Å². The highest BCUT2D eigenvalue weighted by molar-refractivity contribution is 5.71. The maximum absolute atomic E-state index is 10.2. The molecular formula is C10H12N2O2. The number of aromatic nitrogens is 1. The van der Waals surface area contributed by atoms with Gasteiger partial charge in [0.1, 0.15) is 0 Å². The van der Waals surface area contributed by atoms with Gasteiger partial charge in [0.2, 0.25) is 0 Å². The second-order valence-corrected chi connectivity index (χ2v) is 2.99. The van der Waals surface area contributed by atoms with Crippen molar-refractivity contribution in [2.75, 3.05) is 5.73 Å². The van der Waals surface area contributed by atoms with Crippen LogP contribution in [-0.2, 0) is 4.79 Å². The van der Waals surface area contributed by atoms with E-state index < -0.39 is 5.97 Å². The van der Waals surface area contributed by atoms with Crippen molar-refractivity contribution in [2.45, 2.75) is 13.3 Å². The van der Waals surface area contributed by atoms with Crippen molar-refractivity contribution in [3.63, 3.8) is 0 Å². The molecule has 1 aromatic heterocycles. The zero-order valence-electron chi connectivity index (χ0n) is 7.90. The summed E-state index contributed by atoms with van der Waals surface area (Å²) < 4.78 is 0. The number of aliphatic carboxylic acids is 1. The predicted molar refractivity (Wildman–Crippen MR) is 54.7 cm³/mol. The first-order valence-electron chi connectivity index (χ1n) is 4.20. The second kappa shape index (κ2) is 4.41. The molecule has 14 heavy (non-hydrogen) atoms. The van der Waals surface area contributed by atoms with Crippen LogP contribution in [0.5, 0.6) is 0 Å². The Morgan fingerprint density at radius 3 is 3.00 bits per heavy atom. The molecule has 74 valence electrons. The first-order valence-corrected chi connectivity index (χ1v) is 4.20. The van der Waals surface area contributed by atoms with Crippen LogP contribution >= 0.6 is 0 Å². The molecule has 0 aliphatic rings. The van der Waals surface area contributed by atoms with E-state index in [0.717, 1.165) is 5.56 Å². The van der Waals surface area contributed by atoms with Gasteiger partial charge < -0.3 is 10.8 Å². The minimum absolute atomic E-state index is 0.0189. The largest absolute Gasteiger partial charge is 0.481 e. The highest BCUT2D eigenvalue weighted by Gasteiger charge is 1.97. The number of carbonyl (C=O) groups is 1. The summed E-state index contributed by atoms with van der Waals surface area (Å²) in [5.74, 6) is -0.869. The van der Waals surface area contributed by atoms with Gasteiger partial charge >= 0.3 is 5.97 Å². The molecule has 0 aliphatic heterocycles. The van der Waals surface area contributed by atoms with E-state index in [1.54, 1.807) is 18.3 Å². The van der Waals surface area contributed by atoms with Crippen LogP contribution in [0.2, 0.25) is 0 Å². The molecule has 0 saturated heterocycles. The number of nitrogen functional groups attached to an aromatic ring is 1. The Morgan fingerprint density at radius 2 is 2.43 bits per heavy atom. The quantitative estimate of drug-likeness (QED) is 0.760. The number of rotatable bonds is 3. The Hall–Kier alpha value is -1.84. The van der Waals surface area contributed by atoms with Crippen LogP contribution in [0.3, 0.4) is 0 Å². The summed E-state index contributed by atoms with van der Waals surface area (Å²) in [6, 6.07) is 1.80. The third-order valence-corrected chi connectivity index (χ3v) is 1.65. The van der Waals surface area contributed by atoms with E-state index in [1.807, 2.05) is 6.92 Å². The number of hydrogen-bond donors (Lipinski definition) is 2. The minimum atomic E-state index is -0.869. The molecule has 0 aromatic carbocycles. The van der Waals surface area contributed by atoms with Crippen LogP contribution in [0.15, 0.2) is 18.3 Å². The number of carboxylic acid groups (broad SMARTS) is 1. The molecule has 0 saturated carbocycles. The number of anilines is 1. The Balaban J connectivity index is 2.76. The molecule has 4 nitrogen and oxygen atoms in total. The zero-order valence-corrected chi connectivity index (χ0v) is 7.90. The fourth-order valence-electron chi connectivity index (χ4n) is 1.01. The van der Waals surface area contributed by atoms with Gasteiger partial charge in [-0.2, -0.15) is 0 Å². The second-order valence-electron chi connectivity index (χ2n) is 2.99. The third-order valence-electron chi connectivity index (χ3n) is 1.65. The van der Waals surface area contributed by atoms with Gasteiger partial charge in [-0.25, -0.2) is 0 Å². The Bertz CT molecular complexity index is 372. The Morgan fingerprint density at radius 1 is 1.71 bits per heavy atom.